The average Bonchev–Trinajstić information content (AvgIpc) is 2.86. The summed E-state index contributed by atoms with van der Waals surface area (Å²) < 4.78 is 6.00. The highest BCUT2D eigenvalue weighted by molar-refractivity contribution is 5.95. The molecular formula is C27H32N4O4. The summed E-state index contributed by atoms with van der Waals surface area (Å²) in [4.78, 5) is 31.8. The number of fused-ring (bicyclic) bond motifs is 1. The molecule has 2 unspecified atom stereocenters. The van der Waals surface area contributed by atoms with Gasteiger partial charge in [-0.25, -0.2) is 5.48 Å². The van der Waals surface area contributed by atoms with Gasteiger partial charge in [0.2, 0.25) is 5.91 Å². The number of hydrogen-bond donors (Lipinski definition) is 3. The first-order valence-corrected chi connectivity index (χ1v) is 11.8. The van der Waals surface area contributed by atoms with Crippen molar-refractivity contribution in [2.75, 3.05) is 14.1 Å². The second-order valence-corrected chi connectivity index (χ2v) is 9.35. The second kappa shape index (κ2) is 10.8. The van der Waals surface area contributed by atoms with Gasteiger partial charge in [0.25, 0.3) is 5.91 Å². The maximum Gasteiger partial charge on any atom is 0.251 e. The molecule has 1 fully saturated rings. The number of benzene rings is 2. The molecule has 1 heterocycles. The predicted molar refractivity (Wildman–Crippen MR) is 133 cm³/mol. The number of para-hydroxylation sites is 1. The monoisotopic (exact) mass is 476 g/mol. The molecule has 2 aromatic carbocycles. The SMILES string of the molecule is Cc1cc(COc2ccc(C(=O)NC3CC(N(C)C)CC[C@@H]3C(=O)NO)cc2)c2ccccc2n1. The molecule has 0 spiro atoms. The Kier molecular flexibility index (Phi) is 7.63. The van der Waals surface area contributed by atoms with Crippen molar-refractivity contribution < 1.29 is 19.5 Å². The smallest absolute Gasteiger partial charge is 0.251 e. The number of carbonyl (C=O) groups excluding carboxylic acids is 2. The van der Waals surface area contributed by atoms with Crippen molar-refractivity contribution in [2.24, 2.45) is 5.92 Å². The van der Waals surface area contributed by atoms with E-state index in [0.29, 0.717) is 30.8 Å². The van der Waals surface area contributed by atoms with Crippen molar-refractivity contribution in [3.8, 4) is 5.75 Å². The van der Waals surface area contributed by atoms with Crippen LogP contribution < -0.4 is 15.5 Å². The largest absolute Gasteiger partial charge is 0.489 e. The zero-order valence-corrected chi connectivity index (χ0v) is 20.3. The maximum absolute atomic E-state index is 13.0. The summed E-state index contributed by atoms with van der Waals surface area (Å²) >= 11 is 0. The molecule has 8 heteroatoms. The number of pyridine rings is 1. The molecule has 1 aliphatic carbocycles. The van der Waals surface area contributed by atoms with Gasteiger partial charge >= 0.3 is 0 Å². The minimum Gasteiger partial charge on any atom is -0.489 e. The minimum absolute atomic E-state index is 0.256. The van der Waals surface area contributed by atoms with Gasteiger partial charge in [0.05, 0.1) is 11.4 Å². The van der Waals surface area contributed by atoms with Crippen LogP contribution in [-0.2, 0) is 11.4 Å². The molecule has 1 aromatic heterocycles. The van der Waals surface area contributed by atoms with E-state index in [4.69, 9.17) is 9.94 Å². The lowest BCUT2D eigenvalue weighted by Crippen LogP contribution is -2.52. The Labute approximate surface area is 205 Å². The third-order valence-electron chi connectivity index (χ3n) is 6.76. The summed E-state index contributed by atoms with van der Waals surface area (Å²) in [5, 5.41) is 13.2. The molecule has 3 aromatic rings. The summed E-state index contributed by atoms with van der Waals surface area (Å²) in [5.74, 6) is -0.535. The molecule has 184 valence electrons. The van der Waals surface area contributed by atoms with Crippen molar-refractivity contribution in [1.82, 2.24) is 20.7 Å². The number of hydroxylamine groups is 1. The molecular weight excluding hydrogens is 444 g/mol. The van der Waals surface area contributed by atoms with E-state index in [1.807, 2.05) is 51.4 Å². The normalized spacial score (nSPS) is 20.0. The molecule has 0 aliphatic heterocycles. The number of aromatic nitrogens is 1. The van der Waals surface area contributed by atoms with Crippen molar-refractivity contribution >= 4 is 22.7 Å². The van der Waals surface area contributed by atoms with Crippen LogP contribution in [0, 0.1) is 12.8 Å². The second-order valence-electron chi connectivity index (χ2n) is 9.35. The molecule has 3 N–H and O–H groups in total. The number of ether oxygens (including phenoxy) is 1. The van der Waals surface area contributed by atoms with Crippen LogP contribution in [0.3, 0.4) is 0 Å². The number of aryl methyl sites for hydroxylation is 1. The van der Waals surface area contributed by atoms with Crippen LogP contribution in [0.2, 0.25) is 0 Å². The van der Waals surface area contributed by atoms with E-state index in [9.17, 15) is 9.59 Å². The van der Waals surface area contributed by atoms with Crippen LogP contribution in [0.4, 0.5) is 0 Å². The fraction of sp³-hybridized carbons (Fsp3) is 0.370. The predicted octanol–water partition coefficient (Wildman–Crippen LogP) is 3.46. The summed E-state index contributed by atoms with van der Waals surface area (Å²) in [6, 6.07) is 16.9. The highest BCUT2D eigenvalue weighted by Crippen LogP contribution is 2.28. The molecule has 1 saturated carbocycles. The zero-order chi connectivity index (χ0) is 24.9. The van der Waals surface area contributed by atoms with Crippen molar-refractivity contribution in [1.29, 1.82) is 0 Å². The van der Waals surface area contributed by atoms with E-state index < -0.39 is 11.8 Å². The Balaban J connectivity index is 1.42. The number of rotatable bonds is 7. The van der Waals surface area contributed by atoms with E-state index >= 15 is 0 Å². The number of nitrogens with zero attached hydrogens (tertiary/aromatic N) is 2. The van der Waals surface area contributed by atoms with E-state index in [-0.39, 0.29) is 18.0 Å². The number of nitrogens with one attached hydrogen (secondary N) is 2. The lowest BCUT2D eigenvalue weighted by Gasteiger charge is -2.38. The first-order valence-electron chi connectivity index (χ1n) is 11.8. The Hall–Kier alpha value is -3.49. The summed E-state index contributed by atoms with van der Waals surface area (Å²) in [6.45, 7) is 2.35. The van der Waals surface area contributed by atoms with Gasteiger partial charge in [-0.15, -0.1) is 0 Å². The van der Waals surface area contributed by atoms with Crippen LogP contribution in [-0.4, -0.2) is 53.1 Å². The Morgan fingerprint density at radius 2 is 1.86 bits per heavy atom. The first kappa shape index (κ1) is 24.6. The zero-order valence-electron chi connectivity index (χ0n) is 20.3. The quantitative estimate of drug-likeness (QED) is 0.356. The molecule has 1 aliphatic rings. The molecule has 0 saturated heterocycles. The van der Waals surface area contributed by atoms with Crippen molar-refractivity contribution in [3.63, 3.8) is 0 Å². The van der Waals surface area contributed by atoms with Gasteiger partial charge in [-0.3, -0.25) is 19.8 Å². The summed E-state index contributed by atoms with van der Waals surface area (Å²) in [5.41, 5.74) is 5.15. The molecule has 4 rings (SSSR count). The van der Waals surface area contributed by atoms with Gasteiger partial charge in [0.1, 0.15) is 12.4 Å². The standard InChI is InChI=1S/C27H32N4O4/c1-17-14-19(22-6-4-5-7-24(22)28-17)16-35-21-11-8-18(9-12-21)26(32)29-25-15-20(31(2)3)10-13-23(25)27(33)30-34/h4-9,11-12,14,20,23,25,34H,10,13,15-16H2,1-3H3,(H,29,32)(H,30,33)/t20?,23-,25?/m0/s1. The van der Waals surface area contributed by atoms with Crippen LogP contribution in [0.1, 0.15) is 40.9 Å². The third kappa shape index (κ3) is 5.78. The minimum atomic E-state index is -0.471. The van der Waals surface area contributed by atoms with Gasteiger partial charge < -0.3 is 15.0 Å². The van der Waals surface area contributed by atoms with Crippen molar-refractivity contribution in [3.05, 3.63) is 71.4 Å². The van der Waals surface area contributed by atoms with Gasteiger partial charge in [0, 0.05) is 34.3 Å². The number of carbonyl (C=O) groups is 2. The Morgan fingerprint density at radius 1 is 1.11 bits per heavy atom. The van der Waals surface area contributed by atoms with E-state index in [1.54, 1.807) is 29.7 Å². The molecule has 0 radical (unpaired) electrons. The highest BCUT2D eigenvalue weighted by atomic mass is 16.5. The van der Waals surface area contributed by atoms with Gasteiger partial charge in [0.15, 0.2) is 0 Å². The van der Waals surface area contributed by atoms with Crippen LogP contribution in [0.5, 0.6) is 5.75 Å². The van der Waals surface area contributed by atoms with E-state index in [0.717, 1.165) is 28.6 Å². The Bertz CT molecular complexity index is 1200. The lowest BCUT2D eigenvalue weighted by molar-refractivity contribution is -0.135. The van der Waals surface area contributed by atoms with E-state index in [2.05, 4.69) is 15.2 Å². The Morgan fingerprint density at radius 3 is 2.57 bits per heavy atom. The molecule has 2 amide bonds. The fourth-order valence-corrected chi connectivity index (χ4v) is 4.80. The van der Waals surface area contributed by atoms with Gasteiger partial charge in [-0.2, -0.15) is 0 Å². The first-order chi connectivity index (χ1) is 16.9. The highest BCUT2D eigenvalue weighted by Gasteiger charge is 2.36. The van der Waals surface area contributed by atoms with Gasteiger partial charge in [-0.05, 0) is 76.7 Å². The number of amides is 2. The molecule has 8 nitrogen and oxygen atoms in total. The lowest BCUT2D eigenvalue weighted by atomic mass is 9.80. The van der Waals surface area contributed by atoms with Crippen LogP contribution in [0.15, 0.2) is 54.6 Å². The average molecular weight is 477 g/mol. The van der Waals surface area contributed by atoms with Gasteiger partial charge in [-0.1, -0.05) is 18.2 Å². The molecule has 3 atom stereocenters. The van der Waals surface area contributed by atoms with Crippen molar-refractivity contribution in [2.45, 2.75) is 44.9 Å². The molecule has 35 heavy (non-hydrogen) atoms. The molecule has 0 bridgehead atoms. The van der Waals surface area contributed by atoms with Crippen LogP contribution in [0.25, 0.3) is 10.9 Å². The topological polar surface area (TPSA) is 104 Å². The van der Waals surface area contributed by atoms with Crippen LogP contribution >= 0.6 is 0 Å². The number of hydrogen-bond acceptors (Lipinski definition) is 6. The van der Waals surface area contributed by atoms with E-state index in [1.165, 1.54) is 0 Å². The summed E-state index contributed by atoms with van der Waals surface area (Å²) in [7, 11) is 3.98. The maximum atomic E-state index is 13.0. The fourth-order valence-electron chi connectivity index (χ4n) is 4.80. The summed E-state index contributed by atoms with van der Waals surface area (Å²) in [6.07, 6.45) is 2.06. The third-order valence-corrected chi connectivity index (χ3v) is 6.76.